The summed E-state index contributed by atoms with van der Waals surface area (Å²) in [6, 6.07) is 15.3. The number of imide groups is 1. The molecule has 2 aliphatic rings. The fourth-order valence-corrected chi connectivity index (χ4v) is 6.34. The molecule has 2 amide bonds. The van der Waals surface area contributed by atoms with Gasteiger partial charge in [-0.3, -0.25) is 14.5 Å². The molecule has 4 rings (SSSR count). The molecule has 0 N–H and O–H groups in total. The Kier molecular flexibility index (Phi) is 8.12. The summed E-state index contributed by atoms with van der Waals surface area (Å²) in [5, 5.41) is 0. The van der Waals surface area contributed by atoms with Crippen LogP contribution in [0.5, 0.6) is 5.75 Å². The van der Waals surface area contributed by atoms with Crippen LogP contribution in [0.15, 0.2) is 48.5 Å². The van der Waals surface area contributed by atoms with Crippen LogP contribution in [0.3, 0.4) is 0 Å². The first-order chi connectivity index (χ1) is 16.8. The third-order valence-corrected chi connectivity index (χ3v) is 8.09. The van der Waals surface area contributed by atoms with Crippen LogP contribution < -0.4 is 4.74 Å². The lowest BCUT2D eigenvalue weighted by Crippen LogP contribution is -2.39. The summed E-state index contributed by atoms with van der Waals surface area (Å²) < 4.78 is 12.9. The van der Waals surface area contributed by atoms with Crippen molar-refractivity contribution in [2.45, 2.75) is 71.2 Å². The van der Waals surface area contributed by atoms with Gasteiger partial charge in [0.15, 0.2) is 8.32 Å². The highest BCUT2D eigenvalue weighted by Crippen LogP contribution is 2.36. The second-order valence-corrected chi connectivity index (χ2v) is 15.4. The van der Waals surface area contributed by atoms with Crippen LogP contribution in [0.25, 0.3) is 0 Å². The van der Waals surface area contributed by atoms with Crippen LogP contribution >= 0.6 is 0 Å². The Balaban J connectivity index is 1.54. The van der Waals surface area contributed by atoms with E-state index >= 15 is 0 Å². The smallest absolute Gasteiger partial charge is 0.261 e. The molecule has 1 saturated carbocycles. The van der Waals surface area contributed by atoms with Crippen molar-refractivity contribution in [1.29, 1.82) is 0 Å². The summed E-state index contributed by atoms with van der Waals surface area (Å²) in [4.78, 5) is 27.5. The average molecular weight is 494 g/mol. The Hall–Kier alpha value is -2.44. The number of hydrogen-bond donors (Lipinski definition) is 0. The van der Waals surface area contributed by atoms with Gasteiger partial charge in [0.1, 0.15) is 5.75 Å². The number of amides is 2. The highest BCUT2D eigenvalue weighted by atomic mass is 28.4. The standard InChI is InChI=1S/C29H39NO4Si/c1-5-22(19-30-28(31)25-16-9-10-17-26(25)29(30)32)27(34-35(2,3)4)23-14-11-15-24(18-23)33-20-21-12-7-6-8-13-21/h9-11,14-18,21-22,27H,5-8,12-13,19-20H2,1-4H3/t22-,27-/m1/s1. The summed E-state index contributed by atoms with van der Waals surface area (Å²) in [5.74, 6) is 1.07. The quantitative estimate of drug-likeness (QED) is 0.268. The van der Waals surface area contributed by atoms with Gasteiger partial charge in [-0.25, -0.2) is 0 Å². The Morgan fingerprint density at radius 1 is 0.943 bits per heavy atom. The van der Waals surface area contributed by atoms with Crippen molar-refractivity contribution in [3.63, 3.8) is 0 Å². The molecule has 1 fully saturated rings. The Morgan fingerprint density at radius 2 is 1.60 bits per heavy atom. The SMILES string of the molecule is CC[C@H](CN1C(=O)c2ccccc2C1=O)[C@@H](O[Si](C)(C)C)c1cccc(OCC2CCCCC2)c1. The molecule has 35 heavy (non-hydrogen) atoms. The van der Waals surface area contributed by atoms with Gasteiger partial charge in [-0.05, 0) is 74.7 Å². The molecule has 188 valence electrons. The highest BCUT2D eigenvalue weighted by Gasteiger charge is 2.39. The summed E-state index contributed by atoms with van der Waals surface area (Å²) >= 11 is 0. The second-order valence-electron chi connectivity index (χ2n) is 11.0. The molecule has 1 aliphatic carbocycles. The van der Waals surface area contributed by atoms with Crippen molar-refractivity contribution < 1.29 is 18.8 Å². The molecule has 2 aromatic carbocycles. The van der Waals surface area contributed by atoms with E-state index in [1.165, 1.54) is 37.0 Å². The van der Waals surface area contributed by atoms with Crippen LogP contribution in [-0.2, 0) is 4.43 Å². The van der Waals surface area contributed by atoms with Gasteiger partial charge in [0, 0.05) is 12.5 Å². The van der Waals surface area contributed by atoms with Crippen LogP contribution in [0.1, 0.15) is 77.8 Å². The number of hydrogen-bond acceptors (Lipinski definition) is 4. The van der Waals surface area contributed by atoms with Gasteiger partial charge in [-0.1, -0.05) is 50.5 Å². The molecule has 0 saturated heterocycles. The van der Waals surface area contributed by atoms with E-state index in [0.29, 0.717) is 23.6 Å². The molecule has 0 spiro atoms. The molecule has 5 nitrogen and oxygen atoms in total. The first-order valence-electron chi connectivity index (χ1n) is 13.1. The third-order valence-electron chi connectivity index (χ3n) is 7.13. The average Bonchev–Trinajstić information content (AvgIpc) is 3.10. The molecular weight excluding hydrogens is 454 g/mol. The molecule has 1 heterocycles. The van der Waals surface area contributed by atoms with Gasteiger partial charge >= 0.3 is 0 Å². The zero-order valence-electron chi connectivity index (χ0n) is 21.6. The number of carbonyl (C=O) groups excluding carboxylic acids is 2. The fraction of sp³-hybridized carbons (Fsp3) is 0.517. The predicted molar refractivity (Wildman–Crippen MR) is 141 cm³/mol. The van der Waals surface area contributed by atoms with Gasteiger partial charge < -0.3 is 9.16 Å². The molecule has 0 bridgehead atoms. The van der Waals surface area contributed by atoms with E-state index in [4.69, 9.17) is 9.16 Å². The first-order valence-corrected chi connectivity index (χ1v) is 16.5. The van der Waals surface area contributed by atoms with E-state index in [0.717, 1.165) is 24.3 Å². The van der Waals surface area contributed by atoms with Crippen molar-refractivity contribution in [3.05, 3.63) is 65.2 Å². The summed E-state index contributed by atoms with van der Waals surface area (Å²) in [6.07, 6.45) is 7.02. The van der Waals surface area contributed by atoms with E-state index in [1.807, 2.05) is 12.1 Å². The molecule has 0 aromatic heterocycles. The topological polar surface area (TPSA) is 55.8 Å². The molecule has 0 unspecified atom stereocenters. The summed E-state index contributed by atoms with van der Waals surface area (Å²) in [7, 11) is -1.93. The lowest BCUT2D eigenvalue weighted by Gasteiger charge is -2.34. The number of nitrogens with zero attached hydrogens (tertiary/aromatic N) is 1. The van der Waals surface area contributed by atoms with Crippen molar-refractivity contribution >= 4 is 20.1 Å². The third kappa shape index (κ3) is 6.22. The molecule has 2 atom stereocenters. The minimum absolute atomic E-state index is 0.0162. The van der Waals surface area contributed by atoms with Gasteiger partial charge in [0.2, 0.25) is 0 Å². The van der Waals surface area contributed by atoms with Crippen LogP contribution in [0, 0.1) is 11.8 Å². The largest absolute Gasteiger partial charge is 0.493 e. The lowest BCUT2D eigenvalue weighted by atomic mass is 9.90. The molecule has 1 aliphatic heterocycles. The number of ether oxygens (including phenoxy) is 1. The summed E-state index contributed by atoms with van der Waals surface area (Å²) in [5.41, 5.74) is 2.04. The molecular formula is C29H39NO4Si. The van der Waals surface area contributed by atoms with E-state index in [1.54, 1.807) is 24.3 Å². The monoisotopic (exact) mass is 493 g/mol. The normalized spacial score (nSPS) is 18.5. The summed E-state index contributed by atoms with van der Waals surface area (Å²) in [6.45, 7) is 9.74. The fourth-order valence-electron chi connectivity index (χ4n) is 5.24. The van der Waals surface area contributed by atoms with Crippen LogP contribution in [0.4, 0.5) is 0 Å². The number of fused-ring (bicyclic) bond motifs is 1. The number of rotatable bonds is 10. The number of benzene rings is 2. The molecule has 0 radical (unpaired) electrons. The van der Waals surface area contributed by atoms with Gasteiger partial charge in [0.25, 0.3) is 11.8 Å². The van der Waals surface area contributed by atoms with Crippen molar-refractivity contribution in [2.75, 3.05) is 13.2 Å². The van der Waals surface area contributed by atoms with E-state index in [-0.39, 0.29) is 23.8 Å². The van der Waals surface area contributed by atoms with Gasteiger partial charge in [0.05, 0.1) is 23.8 Å². The van der Waals surface area contributed by atoms with Gasteiger partial charge in [-0.15, -0.1) is 0 Å². The first kappa shape index (κ1) is 25.6. The van der Waals surface area contributed by atoms with Crippen LogP contribution in [-0.4, -0.2) is 38.2 Å². The minimum atomic E-state index is -1.93. The molecule has 2 aromatic rings. The van der Waals surface area contributed by atoms with Crippen molar-refractivity contribution in [2.24, 2.45) is 11.8 Å². The Bertz CT molecular complexity index is 1010. The number of carbonyl (C=O) groups is 2. The second kappa shape index (κ2) is 11.1. The lowest BCUT2D eigenvalue weighted by molar-refractivity contribution is 0.0535. The predicted octanol–water partition coefficient (Wildman–Crippen LogP) is 6.86. The zero-order valence-corrected chi connectivity index (χ0v) is 22.6. The van der Waals surface area contributed by atoms with E-state index in [9.17, 15) is 9.59 Å². The van der Waals surface area contributed by atoms with Crippen LogP contribution in [0.2, 0.25) is 19.6 Å². The maximum Gasteiger partial charge on any atom is 0.261 e. The maximum atomic E-state index is 13.0. The molecule has 6 heteroatoms. The highest BCUT2D eigenvalue weighted by molar-refractivity contribution is 6.69. The van der Waals surface area contributed by atoms with Crippen molar-refractivity contribution in [3.8, 4) is 5.75 Å². The van der Waals surface area contributed by atoms with E-state index < -0.39 is 8.32 Å². The van der Waals surface area contributed by atoms with E-state index in [2.05, 4.69) is 38.7 Å². The van der Waals surface area contributed by atoms with Gasteiger partial charge in [-0.2, -0.15) is 0 Å². The minimum Gasteiger partial charge on any atom is -0.493 e. The Morgan fingerprint density at radius 3 is 2.20 bits per heavy atom. The van der Waals surface area contributed by atoms with Crippen molar-refractivity contribution in [1.82, 2.24) is 4.90 Å². The Labute approximate surface area is 210 Å². The maximum absolute atomic E-state index is 13.0. The zero-order chi connectivity index (χ0) is 25.0.